The van der Waals surface area contributed by atoms with Gasteiger partial charge in [0.15, 0.2) is 0 Å². The van der Waals surface area contributed by atoms with E-state index in [-0.39, 0.29) is 27.3 Å². The summed E-state index contributed by atoms with van der Waals surface area (Å²) in [6.45, 7) is 0. The average Bonchev–Trinajstić information content (AvgIpc) is 2.74. The van der Waals surface area contributed by atoms with Crippen LogP contribution in [0.1, 0.15) is 10.4 Å². The van der Waals surface area contributed by atoms with Gasteiger partial charge in [-0.1, -0.05) is 41.4 Å². The molecule has 0 bridgehead atoms. The Morgan fingerprint density at radius 2 is 1.77 bits per heavy atom. The second-order valence-corrected chi connectivity index (χ2v) is 7.19. The highest BCUT2D eigenvalue weighted by Gasteiger charge is 2.16. The molecule has 0 aliphatic carbocycles. The minimum absolute atomic E-state index is 0.175. The fraction of sp³-hybridized carbons (Fsp3) is 0.0435. The largest absolute Gasteiger partial charge is 0.496 e. The van der Waals surface area contributed by atoms with Crippen LogP contribution in [0, 0.1) is 0 Å². The number of methoxy groups -OCH3 is 1. The number of carbonyl (C=O) groups is 1. The van der Waals surface area contributed by atoms with Gasteiger partial charge in [0.05, 0.1) is 28.6 Å². The molecule has 1 aromatic heterocycles. The van der Waals surface area contributed by atoms with Crippen molar-refractivity contribution in [2.75, 3.05) is 7.11 Å². The molecule has 0 unspecified atom stereocenters. The molecule has 0 saturated heterocycles. The molecule has 0 radical (unpaired) electrons. The van der Waals surface area contributed by atoms with E-state index < -0.39 is 5.97 Å². The average molecular weight is 441 g/mol. The van der Waals surface area contributed by atoms with Crippen molar-refractivity contribution in [2.24, 2.45) is 0 Å². The van der Waals surface area contributed by atoms with Crippen molar-refractivity contribution in [3.05, 3.63) is 92.8 Å². The summed E-state index contributed by atoms with van der Waals surface area (Å²) in [5, 5.41) is 0.943. The molecule has 4 rings (SSSR count). The molecule has 150 valence electrons. The van der Waals surface area contributed by atoms with Crippen molar-refractivity contribution >= 4 is 40.1 Å². The molecule has 0 atom stereocenters. The third kappa shape index (κ3) is 3.77. The molecule has 0 amide bonds. The maximum absolute atomic E-state index is 13.0. The zero-order valence-electron chi connectivity index (χ0n) is 15.6. The van der Waals surface area contributed by atoms with Gasteiger partial charge in [-0.25, -0.2) is 4.79 Å². The first-order valence-corrected chi connectivity index (χ1v) is 9.59. The number of para-hydroxylation sites is 1. The number of ether oxygens (including phenoxy) is 2. The molecule has 1 heterocycles. The Hall–Kier alpha value is -3.28. The van der Waals surface area contributed by atoms with Crippen LogP contribution in [-0.2, 0) is 0 Å². The summed E-state index contributed by atoms with van der Waals surface area (Å²) in [5.74, 6) is 0.130. The summed E-state index contributed by atoms with van der Waals surface area (Å²) < 4.78 is 16.4. The second-order valence-electron chi connectivity index (χ2n) is 6.35. The maximum atomic E-state index is 13.0. The van der Waals surface area contributed by atoms with E-state index in [1.807, 2.05) is 12.1 Å². The predicted molar refractivity (Wildman–Crippen MR) is 116 cm³/mol. The van der Waals surface area contributed by atoms with Crippen LogP contribution in [0.3, 0.4) is 0 Å². The highest BCUT2D eigenvalue weighted by Crippen LogP contribution is 2.30. The van der Waals surface area contributed by atoms with Crippen LogP contribution in [0.15, 0.2) is 76.1 Å². The first kappa shape index (κ1) is 20.0. The molecule has 0 spiro atoms. The Morgan fingerprint density at radius 3 is 2.53 bits per heavy atom. The van der Waals surface area contributed by atoms with Gasteiger partial charge in [-0.2, -0.15) is 0 Å². The van der Waals surface area contributed by atoms with E-state index >= 15 is 0 Å². The second kappa shape index (κ2) is 8.22. The number of hydrogen-bond donors (Lipinski definition) is 0. The number of rotatable bonds is 4. The Bertz CT molecular complexity index is 1330. The van der Waals surface area contributed by atoms with Crippen LogP contribution < -0.4 is 14.9 Å². The number of carbonyl (C=O) groups excluding carboxylic acids is 1. The smallest absolute Gasteiger partial charge is 0.345 e. The minimum atomic E-state index is -0.649. The van der Waals surface area contributed by atoms with Crippen LogP contribution in [-0.4, -0.2) is 13.1 Å². The van der Waals surface area contributed by atoms with Crippen molar-refractivity contribution in [3.8, 4) is 22.6 Å². The lowest BCUT2D eigenvalue weighted by Crippen LogP contribution is -2.10. The summed E-state index contributed by atoms with van der Waals surface area (Å²) in [5.41, 5.74) is 1.24. The van der Waals surface area contributed by atoms with Crippen molar-refractivity contribution in [1.29, 1.82) is 0 Å². The van der Waals surface area contributed by atoms with Gasteiger partial charge in [0.1, 0.15) is 23.3 Å². The molecule has 0 aliphatic rings. The number of benzene rings is 3. The number of esters is 1. The molecule has 3 aromatic carbocycles. The fourth-order valence-corrected chi connectivity index (χ4v) is 3.53. The van der Waals surface area contributed by atoms with Crippen LogP contribution >= 0.6 is 23.2 Å². The van der Waals surface area contributed by atoms with Gasteiger partial charge in [0.2, 0.25) is 5.43 Å². The lowest BCUT2D eigenvalue weighted by Gasteiger charge is -2.09. The quantitative estimate of drug-likeness (QED) is 0.287. The summed E-state index contributed by atoms with van der Waals surface area (Å²) in [4.78, 5) is 25.4. The Kier molecular flexibility index (Phi) is 5.48. The molecular formula is C23H14Cl2O5. The van der Waals surface area contributed by atoms with Crippen molar-refractivity contribution in [1.82, 2.24) is 0 Å². The number of fused-ring (bicyclic) bond motifs is 1. The molecule has 0 aliphatic heterocycles. The van der Waals surface area contributed by atoms with Crippen LogP contribution in [0.25, 0.3) is 22.1 Å². The molecular weight excluding hydrogens is 427 g/mol. The molecule has 5 nitrogen and oxygen atoms in total. The first-order chi connectivity index (χ1) is 14.5. The van der Waals surface area contributed by atoms with Gasteiger partial charge < -0.3 is 13.9 Å². The van der Waals surface area contributed by atoms with Crippen molar-refractivity contribution in [2.45, 2.75) is 0 Å². The standard InChI is InChI=1S/C23H14Cl2O5/c1-28-20-5-3-2-4-15(20)18-12-29-21-11-14(7-9-17(21)22(18)26)30-23(27)16-8-6-13(24)10-19(16)25/h2-12H,1H3. The lowest BCUT2D eigenvalue weighted by molar-refractivity contribution is 0.0735. The van der Waals surface area contributed by atoms with Crippen LogP contribution in [0.4, 0.5) is 0 Å². The fourth-order valence-electron chi connectivity index (χ4n) is 3.04. The molecule has 0 N–H and O–H groups in total. The van der Waals surface area contributed by atoms with E-state index in [1.165, 1.54) is 37.6 Å². The normalized spacial score (nSPS) is 10.8. The zero-order chi connectivity index (χ0) is 21.3. The van der Waals surface area contributed by atoms with Crippen molar-refractivity contribution in [3.63, 3.8) is 0 Å². The van der Waals surface area contributed by atoms with E-state index in [0.29, 0.717) is 27.3 Å². The summed E-state index contributed by atoms with van der Waals surface area (Å²) in [6, 6.07) is 16.2. The summed E-state index contributed by atoms with van der Waals surface area (Å²) >= 11 is 11.9. The van der Waals surface area contributed by atoms with E-state index in [2.05, 4.69) is 0 Å². The number of hydrogen-bond acceptors (Lipinski definition) is 5. The van der Waals surface area contributed by atoms with E-state index in [4.69, 9.17) is 37.1 Å². The highest BCUT2D eigenvalue weighted by atomic mass is 35.5. The summed E-state index contributed by atoms with van der Waals surface area (Å²) in [6.07, 6.45) is 1.37. The lowest BCUT2D eigenvalue weighted by atomic mass is 10.0. The van der Waals surface area contributed by atoms with E-state index in [0.717, 1.165) is 0 Å². The van der Waals surface area contributed by atoms with Crippen LogP contribution in [0.5, 0.6) is 11.5 Å². The van der Waals surface area contributed by atoms with E-state index in [9.17, 15) is 9.59 Å². The number of halogens is 2. The maximum Gasteiger partial charge on any atom is 0.345 e. The Balaban J connectivity index is 1.69. The third-order valence-electron chi connectivity index (χ3n) is 4.50. The molecule has 0 saturated carbocycles. The zero-order valence-corrected chi connectivity index (χ0v) is 17.2. The van der Waals surface area contributed by atoms with Gasteiger partial charge in [0, 0.05) is 16.7 Å². The van der Waals surface area contributed by atoms with Gasteiger partial charge in [-0.05, 0) is 36.4 Å². The van der Waals surface area contributed by atoms with Crippen LogP contribution in [0.2, 0.25) is 10.0 Å². The van der Waals surface area contributed by atoms with Gasteiger partial charge in [-0.15, -0.1) is 0 Å². The molecule has 0 fully saturated rings. The highest BCUT2D eigenvalue weighted by molar-refractivity contribution is 6.36. The molecule has 30 heavy (non-hydrogen) atoms. The van der Waals surface area contributed by atoms with Gasteiger partial charge >= 0.3 is 5.97 Å². The van der Waals surface area contributed by atoms with E-state index in [1.54, 1.807) is 24.3 Å². The SMILES string of the molecule is COc1ccccc1-c1coc2cc(OC(=O)c3ccc(Cl)cc3Cl)ccc2c1=O. The first-order valence-electron chi connectivity index (χ1n) is 8.84. The third-order valence-corrected chi connectivity index (χ3v) is 5.05. The predicted octanol–water partition coefficient (Wildman–Crippen LogP) is 5.99. The molecule has 7 heteroatoms. The minimum Gasteiger partial charge on any atom is -0.496 e. The Labute approximate surface area is 181 Å². The Morgan fingerprint density at radius 1 is 0.967 bits per heavy atom. The van der Waals surface area contributed by atoms with Gasteiger partial charge in [0.25, 0.3) is 0 Å². The monoisotopic (exact) mass is 440 g/mol. The molecule has 4 aromatic rings. The topological polar surface area (TPSA) is 65.7 Å². The van der Waals surface area contributed by atoms with Gasteiger partial charge in [-0.3, -0.25) is 4.79 Å². The summed E-state index contributed by atoms with van der Waals surface area (Å²) in [7, 11) is 1.54. The van der Waals surface area contributed by atoms with Crippen molar-refractivity contribution < 1.29 is 18.7 Å².